The van der Waals surface area contributed by atoms with E-state index in [-0.39, 0.29) is 11.7 Å². The molecule has 0 fully saturated rings. The van der Waals surface area contributed by atoms with Gasteiger partial charge >= 0.3 is 0 Å². The highest BCUT2D eigenvalue weighted by Crippen LogP contribution is 2.18. The van der Waals surface area contributed by atoms with Crippen LogP contribution in [0.2, 0.25) is 0 Å². The van der Waals surface area contributed by atoms with Crippen LogP contribution in [0.15, 0.2) is 53.4 Å². The topological polar surface area (TPSA) is 89.3 Å². The predicted molar refractivity (Wildman–Crippen MR) is 108 cm³/mol. The van der Waals surface area contributed by atoms with E-state index in [1.807, 2.05) is 20.8 Å². The molecule has 5 nitrogen and oxygen atoms in total. The highest BCUT2D eigenvalue weighted by Gasteiger charge is 2.26. The lowest BCUT2D eigenvalue weighted by molar-refractivity contribution is 0.0895. The number of aryl methyl sites for hydroxylation is 1. The fourth-order valence-corrected chi connectivity index (χ4v) is 4.23. The first-order valence-corrected chi connectivity index (χ1v) is 10.8. The summed E-state index contributed by atoms with van der Waals surface area (Å²) in [7, 11) is -3.42. The summed E-state index contributed by atoms with van der Waals surface area (Å²) in [5.74, 6) is -0.300. The van der Waals surface area contributed by atoms with Crippen LogP contribution in [0.3, 0.4) is 0 Å². The van der Waals surface area contributed by atoms with Gasteiger partial charge in [-0.2, -0.15) is 0 Å². The first-order chi connectivity index (χ1) is 12.7. The lowest BCUT2D eigenvalue weighted by Gasteiger charge is -2.31. The second-order valence-corrected chi connectivity index (χ2v) is 8.90. The third kappa shape index (κ3) is 5.17. The van der Waals surface area contributed by atoms with Crippen molar-refractivity contribution in [2.24, 2.45) is 5.73 Å². The maximum atomic E-state index is 12.5. The highest BCUT2D eigenvalue weighted by molar-refractivity contribution is 7.90. The molecule has 0 atom stereocenters. The van der Waals surface area contributed by atoms with Crippen molar-refractivity contribution in [1.82, 2.24) is 5.32 Å². The van der Waals surface area contributed by atoms with Crippen LogP contribution in [0.4, 0.5) is 0 Å². The van der Waals surface area contributed by atoms with Gasteiger partial charge in [0, 0.05) is 12.1 Å². The molecule has 0 saturated heterocycles. The van der Waals surface area contributed by atoms with Crippen molar-refractivity contribution in [2.75, 3.05) is 6.54 Å². The molecule has 3 N–H and O–H groups in total. The molecule has 0 spiro atoms. The zero-order chi connectivity index (χ0) is 20.1. The maximum Gasteiger partial charge on any atom is 0.251 e. The number of sulfone groups is 1. The second-order valence-electron chi connectivity index (χ2n) is 6.91. The van der Waals surface area contributed by atoms with Crippen LogP contribution >= 0.6 is 0 Å². The number of hydrogen-bond donors (Lipinski definition) is 2. The number of carbonyl (C=O) groups is 1. The average Bonchev–Trinajstić information content (AvgIpc) is 2.66. The SMILES string of the molecule is CCC(CC)(CN)NC(=O)c1ccc(CS(=O)(=O)c2ccc(C)cc2)cc1. The van der Waals surface area contributed by atoms with Crippen molar-refractivity contribution in [2.45, 2.75) is 49.8 Å². The molecule has 0 aromatic heterocycles. The van der Waals surface area contributed by atoms with Gasteiger partial charge in [-0.3, -0.25) is 4.79 Å². The molecular formula is C21H28N2O3S. The standard InChI is InChI=1S/C21H28N2O3S/c1-4-21(5-2,15-22)23-20(24)18-10-8-17(9-11-18)14-27(25,26)19-12-6-16(3)7-13-19/h6-13H,4-5,14-15,22H2,1-3H3,(H,23,24). The number of rotatable bonds is 8. The summed E-state index contributed by atoms with van der Waals surface area (Å²) in [4.78, 5) is 12.8. The monoisotopic (exact) mass is 388 g/mol. The Balaban J connectivity index is 2.13. The third-order valence-electron chi connectivity index (χ3n) is 5.08. The van der Waals surface area contributed by atoms with Gasteiger partial charge in [-0.1, -0.05) is 43.7 Å². The van der Waals surface area contributed by atoms with Crippen LogP contribution in [-0.2, 0) is 15.6 Å². The van der Waals surface area contributed by atoms with Crippen molar-refractivity contribution in [3.05, 3.63) is 65.2 Å². The van der Waals surface area contributed by atoms with Gasteiger partial charge in [-0.05, 0) is 49.6 Å². The molecule has 27 heavy (non-hydrogen) atoms. The molecule has 0 bridgehead atoms. The fourth-order valence-electron chi connectivity index (χ4n) is 2.88. The van der Waals surface area contributed by atoms with E-state index in [0.717, 1.165) is 18.4 Å². The molecule has 6 heteroatoms. The largest absolute Gasteiger partial charge is 0.345 e. The molecule has 0 aliphatic rings. The molecule has 2 aromatic rings. The zero-order valence-corrected chi connectivity index (χ0v) is 17.0. The maximum absolute atomic E-state index is 12.5. The first-order valence-electron chi connectivity index (χ1n) is 9.16. The minimum atomic E-state index is -3.42. The van der Waals surface area contributed by atoms with Crippen LogP contribution in [0.25, 0.3) is 0 Å². The predicted octanol–water partition coefficient (Wildman–Crippen LogP) is 3.22. The molecule has 146 valence electrons. The van der Waals surface area contributed by atoms with E-state index in [1.165, 1.54) is 0 Å². The molecule has 1 amide bonds. The molecule has 0 heterocycles. The Morgan fingerprint density at radius 2 is 1.56 bits per heavy atom. The highest BCUT2D eigenvalue weighted by atomic mass is 32.2. The summed E-state index contributed by atoms with van der Waals surface area (Å²) in [5.41, 5.74) is 7.56. The molecule has 0 unspecified atom stereocenters. The number of hydrogen-bond acceptors (Lipinski definition) is 4. The van der Waals surface area contributed by atoms with Gasteiger partial charge in [0.15, 0.2) is 9.84 Å². The van der Waals surface area contributed by atoms with Crippen molar-refractivity contribution >= 4 is 15.7 Å². The minimum absolute atomic E-state index is 0.103. The number of nitrogens with two attached hydrogens (primary N) is 1. The average molecular weight is 389 g/mol. The normalized spacial score (nSPS) is 12.0. The third-order valence-corrected chi connectivity index (χ3v) is 6.78. The van der Waals surface area contributed by atoms with Gasteiger partial charge in [0.2, 0.25) is 0 Å². The van der Waals surface area contributed by atoms with Crippen molar-refractivity contribution in [3.63, 3.8) is 0 Å². The smallest absolute Gasteiger partial charge is 0.251 e. The quantitative estimate of drug-likeness (QED) is 0.727. The van der Waals surface area contributed by atoms with Gasteiger partial charge in [-0.15, -0.1) is 0 Å². The van der Waals surface area contributed by atoms with E-state index in [0.29, 0.717) is 22.6 Å². The van der Waals surface area contributed by atoms with Crippen molar-refractivity contribution in [3.8, 4) is 0 Å². The summed E-state index contributed by atoms with van der Waals surface area (Å²) in [6.45, 7) is 6.28. The first kappa shape index (κ1) is 21.1. The summed E-state index contributed by atoms with van der Waals surface area (Å²) in [6.07, 6.45) is 1.50. The van der Waals surface area contributed by atoms with Crippen LogP contribution < -0.4 is 11.1 Å². The summed E-state index contributed by atoms with van der Waals surface area (Å²) >= 11 is 0. The molecule has 2 rings (SSSR count). The van der Waals surface area contributed by atoms with Gasteiger partial charge in [0.25, 0.3) is 5.91 Å². The van der Waals surface area contributed by atoms with Crippen molar-refractivity contribution < 1.29 is 13.2 Å². The fraction of sp³-hybridized carbons (Fsp3) is 0.381. The molecule has 0 aliphatic carbocycles. The lowest BCUT2D eigenvalue weighted by atomic mass is 9.92. The van der Waals surface area contributed by atoms with E-state index < -0.39 is 15.4 Å². The van der Waals surface area contributed by atoms with Crippen LogP contribution in [0.1, 0.15) is 48.2 Å². The van der Waals surface area contributed by atoms with E-state index in [9.17, 15) is 13.2 Å². The van der Waals surface area contributed by atoms with Gasteiger partial charge in [-0.25, -0.2) is 8.42 Å². The summed E-state index contributed by atoms with van der Waals surface area (Å²) in [5, 5.41) is 3.01. The van der Waals surface area contributed by atoms with Crippen LogP contribution in [-0.4, -0.2) is 26.4 Å². The number of carbonyl (C=O) groups excluding carboxylic acids is 1. The zero-order valence-electron chi connectivity index (χ0n) is 16.2. The number of amides is 1. The lowest BCUT2D eigenvalue weighted by Crippen LogP contribution is -2.52. The molecule has 2 aromatic carbocycles. The Labute approximate surface area is 161 Å². The number of benzene rings is 2. The van der Waals surface area contributed by atoms with Crippen LogP contribution in [0.5, 0.6) is 0 Å². The summed E-state index contributed by atoms with van der Waals surface area (Å²) < 4.78 is 25.1. The van der Waals surface area contributed by atoms with Gasteiger partial charge in [0.05, 0.1) is 16.2 Å². The van der Waals surface area contributed by atoms with E-state index in [4.69, 9.17) is 5.73 Å². The van der Waals surface area contributed by atoms with Crippen molar-refractivity contribution in [1.29, 1.82) is 0 Å². The van der Waals surface area contributed by atoms with E-state index in [2.05, 4.69) is 5.32 Å². The van der Waals surface area contributed by atoms with E-state index >= 15 is 0 Å². The minimum Gasteiger partial charge on any atom is -0.345 e. The Bertz CT molecular complexity index is 860. The molecule has 0 saturated carbocycles. The molecule has 0 radical (unpaired) electrons. The van der Waals surface area contributed by atoms with Gasteiger partial charge < -0.3 is 11.1 Å². The molecule has 0 aliphatic heterocycles. The number of nitrogens with one attached hydrogen (secondary N) is 1. The Morgan fingerprint density at radius 3 is 2.04 bits per heavy atom. The Morgan fingerprint density at radius 1 is 1.00 bits per heavy atom. The Hall–Kier alpha value is -2.18. The van der Waals surface area contributed by atoms with Gasteiger partial charge in [0.1, 0.15) is 0 Å². The molecular weight excluding hydrogens is 360 g/mol. The second kappa shape index (κ2) is 8.67. The van der Waals surface area contributed by atoms with Crippen LogP contribution in [0, 0.1) is 6.92 Å². The summed E-state index contributed by atoms with van der Waals surface area (Å²) in [6, 6.07) is 13.5. The Kier molecular flexibility index (Phi) is 6.78. The van der Waals surface area contributed by atoms with E-state index in [1.54, 1.807) is 48.5 Å².